The minimum Gasteiger partial charge on any atom is -0.310 e. The first-order chi connectivity index (χ1) is 10.1. The first kappa shape index (κ1) is 15.7. The van der Waals surface area contributed by atoms with Crippen molar-refractivity contribution in [2.75, 3.05) is 6.54 Å². The highest BCUT2D eigenvalue weighted by Crippen LogP contribution is 2.17. The quantitative estimate of drug-likeness (QED) is 0.839. The maximum Gasteiger partial charge on any atom is 0.123 e. The lowest BCUT2D eigenvalue weighted by atomic mass is 10.1. The Kier molecular flexibility index (Phi) is 5.51. The van der Waals surface area contributed by atoms with E-state index in [9.17, 15) is 4.39 Å². The van der Waals surface area contributed by atoms with Crippen molar-refractivity contribution in [3.63, 3.8) is 0 Å². The molecule has 2 rings (SSSR count). The van der Waals surface area contributed by atoms with Crippen LogP contribution in [0, 0.1) is 12.7 Å². The maximum absolute atomic E-state index is 13.3. The van der Waals surface area contributed by atoms with Crippen LogP contribution in [0.15, 0.2) is 30.6 Å². The first-order valence-electron chi connectivity index (χ1n) is 7.64. The fourth-order valence-corrected chi connectivity index (χ4v) is 2.45. The Labute approximate surface area is 126 Å². The van der Waals surface area contributed by atoms with Crippen LogP contribution < -0.4 is 5.32 Å². The summed E-state index contributed by atoms with van der Waals surface area (Å²) < 4.78 is 15.2. The minimum atomic E-state index is -0.195. The molecule has 1 N–H and O–H groups in total. The van der Waals surface area contributed by atoms with Gasteiger partial charge in [-0.3, -0.25) is 4.68 Å². The van der Waals surface area contributed by atoms with Gasteiger partial charge in [-0.15, -0.1) is 0 Å². The monoisotopic (exact) mass is 289 g/mol. The van der Waals surface area contributed by atoms with Crippen LogP contribution in [0.5, 0.6) is 0 Å². The molecular weight excluding hydrogens is 265 g/mol. The van der Waals surface area contributed by atoms with Crippen molar-refractivity contribution in [3.8, 4) is 0 Å². The van der Waals surface area contributed by atoms with E-state index >= 15 is 0 Å². The summed E-state index contributed by atoms with van der Waals surface area (Å²) in [5.74, 6) is -0.195. The zero-order valence-electron chi connectivity index (χ0n) is 13.1. The van der Waals surface area contributed by atoms with E-state index in [2.05, 4.69) is 30.5 Å². The number of aromatic nitrogens is 2. The van der Waals surface area contributed by atoms with E-state index in [-0.39, 0.29) is 5.82 Å². The number of hydrogen-bond acceptors (Lipinski definition) is 2. The van der Waals surface area contributed by atoms with Gasteiger partial charge in [0, 0.05) is 17.8 Å². The van der Waals surface area contributed by atoms with Crippen molar-refractivity contribution in [2.24, 2.45) is 0 Å². The number of benzene rings is 1. The van der Waals surface area contributed by atoms with Crippen LogP contribution in [0.25, 0.3) is 0 Å². The standard InChI is InChI=1S/C17H24FN3/c1-4-8-19-17(5-2)15-10-20-21(12-15)11-14-9-16(18)7-6-13(14)3/h6-7,9-10,12,17,19H,4-5,8,11H2,1-3H3. The Morgan fingerprint density at radius 3 is 2.86 bits per heavy atom. The van der Waals surface area contributed by atoms with E-state index in [1.807, 2.05) is 23.9 Å². The molecule has 0 aliphatic heterocycles. The van der Waals surface area contributed by atoms with Crippen molar-refractivity contribution in [1.82, 2.24) is 15.1 Å². The van der Waals surface area contributed by atoms with Gasteiger partial charge in [0.25, 0.3) is 0 Å². The minimum absolute atomic E-state index is 0.195. The average Bonchev–Trinajstić information content (AvgIpc) is 2.92. The van der Waals surface area contributed by atoms with Crippen LogP contribution in [-0.2, 0) is 6.54 Å². The molecule has 21 heavy (non-hydrogen) atoms. The van der Waals surface area contributed by atoms with Crippen LogP contribution in [0.3, 0.4) is 0 Å². The van der Waals surface area contributed by atoms with Crippen molar-refractivity contribution in [3.05, 3.63) is 53.1 Å². The molecule has 1 aromatic heterocycles. The predicted octanol–water partition coefficient (Wildman–Crippen LogP) is 3.83. The van der Waals surface area contributed by atoms with E-state index in [4.69, 9.17) is 0 Å². The van der Waals surface area contributed by atoms with Gasteiger partial charge in [0.15, 0.2) is 0 Å². The number of nitrogens with zero attached hydrogens (tertiary/aromatic N) is 2. The highest BCUT2D eigenvalue weighted by Gasteiger charge is 2.11. The summed E-state index contributed by atoms with van der Waals surface area (Å²) in [7, 11) is 0. The third-order valence-corrected chi connectivity index (χ3v) is 3.75. The number of aryl methyl sites for hydroxylation is 1. The van der Waals surface area contributed by atoms with Gasteiger partial charge in [0.1, 0.15) is 5.82 Å². The lowest BCUT2D eigenvalue weighted by molar-refractivity contribution is 0.517. The van der Waals surface area contributed by atoms with Gasteiger partial charge in [-0.1, -0.05) is 19.9 Å². The molecule has 0 fully saturated rings. The summed E-state index contributed by atoms with van der Waals surface area (Å²) in [6.45, 7) is 7.94. The van der Waals surface area contributed by atoms with Gasteiger partial charge in [0.2, 0.25) is 0 Å². The van der Waals surface area contributed by atoms with Crippen molar-refractivity contribution in [1.29, 1.82) is 0 Å². The second-order valence-corrected chi connectivity index (χ2v) is 5.46. The Balaban J connectivity index is 2.10. The normalized spacial score (nSPS) is 12.6. The highest BCUT2D eigenvalue weighted by molar-refractivity contribution is 5.27. The topological polar surface area (TPSA) is 29.9 Å². The number of hydrogen-bond donors (Lipinski definition) is 1. The predicted molar refractivity (Wildman–Crippen MR) is 83.8 cm³/mol. The summed E-state index contributed by atoms with van der Waals surface area (Å²) in [5, 5.41) is 7.93. The molecule has 0 radical (unpaired) electrons. The molecule has 1 atom stereocenters. The van der Waals surface area contributed by atoms with Crippen molar-refractivity contribution >= 4 is 0 Å². The Morgan fingerprint density at radius 1 is 1.33 bits per heavy atom. The molecule has 1 heterocycles. The Morgan fingerprint density at radius 2 is 2.14 bits per heavy atom. The molecule has 1 aromatic carbocycles. The second-order valence-electron chi connectivity index (χ2n) is 5.46. The summed E-state index contributed by atoms with van der Waals surface area (Å²) in [6, 6.07) is 5.23. The van der Waals surface area contributed by atoms with E-state index < -0.39 is 0 Å². The summed E-state index contributed by atoms with van der Waals surface area (Å²) >= 11 is 0. The van der Waals surface area contributed by atoms with Gasteiger partial charge in [-0.05, 0) is 49.6 Å². The molecule has 0 saturated carbocycles. The molecule has 114 valence electrons. The molecule has 0 amide bonds. The van der Waals surface area contributed by atoms with Gasteiger partial charge in [-0.2, -0.15) is 5.10 Å². The highest BCUT2D eigenvalue weighted by atomic mass is 19.1. The van der Waals surface area contributed by atoms with Crippen molar-refractivity contribution in [2.45, 2.75) is 46.2 Å². The lowest BCUT2D eigenvalue weighted by Gasteiger charge is -2.14. The molecule has 0 aliphatic carbocycles. The van der Waals surface area contributed by atoms with Crippen LogP contribution in [0.2, 0.25) is 0 Å². The zero-order chi connectivity index (χ0) is 15.2. The molecule has 0 saturated heterocycles. The van der Waals surface area contributed by atoms with Crippen molar-refractivity contribution < 1.29 is 4.39 Å². The number of rotatable bonds is 7. The lowest BCUT2D eigenvalue weighted by Crippen LogP contribution is -2.21. The fraction of sp³-hybridized carbons (Fsp3) is 0.471. The third kappa shape index (κ3) is 4.14. The van der Waals surface area contributed by atoms with Gasteiger partial charge in [-0.25, -0.2) is 4.39 Å². The third-order valence-electron chi connectivity index (χ3n) is 3.75. The van der Waals surface area contributed by atoms with Crippen LogP contribution >= 0.6 is 0 Å². The maximum atomic E-state index is 13.3. The molecule has 0 spiro atoms. The Hall–Kier alpha value is -1.68. The fourth-order valence-electron chi connectivity index (χ4n) is 2.45. The van der Waals surface area contributed by atoms with Crippen LogP contribution in [0.4, 0.5) is 4.39 Å². The van der Waals surface area contributed by atoms with E-state index in [0.717, 1.165) is 30.5 Å². The Bertz CT molecular complexity index is 577. The summed E-state index contributed by atoms with van der Waals surface area (Å²) in [6.07, 6.45) is 6.12. The second kappa shape index (κ2) is 7.36. The van der Waals surface area contributed by atoms with Crippen LogP contribution in [-0.4, -0.2) is 16.3 Å². The number of halogens is 1. The van der Waals surface area contributed by atoms with Gasteiger partial charge < -0.3 is 5.32 Å². The summed E-state index contributed by atoms with van der Waals surface area (Å²) in [4.78, 5) is 0. The molecule has 0 bridgehead atoms. The van der Waals surface area contributed by atoms with Gasteiger partial charge in [0.05, 0.1) is 12.7 Å². The van der Waals surface area contributed by atoms with E-state index in [1.165, 1.54) is 11.6 Å². The largest absolute Gasteiger partial charge is 0.310 e. The van der Waals surface area contributed by atoms with Gasteiger partial charge >= 0.3 is 0 Å². The first-order valence-corrected chi connectivity index (χ1v) is 7.64. The average molecular weight is 289 g/mol. The molecule has 3 nitrogen and oxygen atoms in total. The molecule has 0 aliphatic rings. The van der Waals surface area contributed by atoms with E-state index in [0.29, 0.717) is 12.6 Å². The SMILES string of the molecule is CCCNC(CC)c1cnn(Cc2cc(F)ccc2C)c1. The van der Waals surface area contributed by atoms with Crippen LogP contribution in [0.1, 0.15) is 49.4 Å². The molecular formula is C17H24FN3. The zero-order valence-corrected chi connectivity index (χ0v) is 13.1. The number of nitrogens with one attached hydrogen (secondary N) is 1. The smallest absolute Gasteiger partial charge is 0.123 e. The summed E-state index contributed by atoms with van der Waals surface area (Å²) in [5.41, 5.74) is 3.25. The molecule has 4 heteroatoms. The van der Waals surface area contributed by atoms with E-state index in [1.54, 1.807) is 6.07 Å². The molecule has 2 aromatic rings. The molecule has 1 unspecified atom stereocenters.